The topological polar surface area (TPSA) is 139 Å². The van der Waals surface area contributed by atoms with E-state index in [9.17, 15) is 24.3 Å². The van der Waals surface area contributed by atoms with Gasteiger partial charge in [0.15, 0.2) is 0 Å². The number of methoxy groups -OCH3 is 2. The highest BCUT2D eigenvalue weighted by Crippen LogP contribution is 2.55. The quantitative estimate of drug-likeness (QED) is 0.351. The maximum atomic E-state index is 13.0. The van der Waals surface area contributed by atoms with E-state index in [-0.39, 0.29) is 22.8 Å². The van der Waals surface area contributed by atoms with Gasteiger partial charge in [0.05, 0.1) is 25.8 Å². The molecule has 0 bridgehead atoms. The van der Waals surface area contributed by atoms with Gasteiger partial charge < -0.3 is 25.2 Å². The van der Waals surface area contributed by atoms with Crippen molar-refractivity contribution in [2.45, 2.75) is 49.2 Å². The van der Waals surface area contributed by atoms with E-state index in [1.54, 1.807) is 18.2 Å². The van der Waals surface area contributed by atoms with Crippen LogP contribution in [0.25, 0.3) is 4.85 Å². The van der Waals surface area contributed by atoms with E-state index in [0.29, 0.717) is 29.1 Å². The molecule has 0 saturated carbocycles. The van der Waals surface area contributed by atoms with Crippen LogP contribution in [0.4, 0.5) is 5.69 Å². The van der Waals surface area contributed by atoms with Crippen LogP contribution in [0, 0.1) is 12.5 Å². The number of esters is 2. The van der Waals surface area contributed by atoms with Gasteiger partial charge in [-0.25, -0.2) is 9.59 Å². The molecule has 6 atom stereocenters. The molecule has 37 heavy (non-hydrogen) atoms. The first kappa shape index (κ1) is 26.7. The number of nitrogens with one attached hydrogen (secondary N) is 2. The summed E-state index contributed by atoms with van der Waals surface area (Å²) in [6.45, 7) is 9.37. The number of benzene rings is 1. The molecular formula is C25H29N4O7S+. The molecule has 1 aromatic carbocycles. The van der Waals surface area contributed by atoms with E-state index in [1.807, 2.05) is 6.92 Å². The Bertz CT molecular complexity index is 1230. The van der Waals surface area contributed by atoms with E-state index in [2.05, 4.69) is 15.5 Å². The predicted octanol–water partition coefficient (Wildman–Crippen LogP) is 1.20. The smallest absolute Gasteiger partial charge is 0.402 e. The molecule has 1 aromatic rings. The molecule has 0 aromatic heterocycles. The highest BCUT2D eigenvalue weighted by molar-refractivity contribution is 8.03. The minimum Gasteiger partial charge on any atom is -0.465 e. The van der Waals surface area contributed by atoms with Crippen LogP contribution in [0.3, 0.4) is 0 Å². The first-order valence-electron chi connectivity index (χ1n) is 11.8. The van der Waals surface area contributed by atoms with Crippen molar-refractivity contribution in [1.82, 2.24) is 10.2 Å². The number of aliphatic hydroxyl groups is 1. The number of β-lactam (4-membered cyclic amide) rings is 1. The highest BCUT2D eigenvalue weighted by Gasteiger charge is 2.79. The van der Waals surface area contributed by atoms with Gasteiger partial charge in [-0.3, -0.25) is 14.5 Å². The van der Waals surface area contributed by atoms with Crippen LogP contribution >= 0.6 is 11.8 Å². The Hall–Kier alpha value is -3.40. The van der Waals surface area contributed by atoms with Crippen LogP contribution < -0.4 is 10.6 Å². The van der Waals surface area contributed by atoms with E-state index < -0.39 is 41.6 Å². The van der Waals surface area contributed by atoms with E-state index in [1.165, 1.54) is 43.9 Å². The minimum atomic E-state index is -1.53. The molecule has 3 heterocycles. The van der Waals surface area contributed by atoms with Gasteiger partial charge in [-0.1, -0.05) is 17.8 Å². The molecule has 3 aliphatic heterocycles. The molecule has 2 fully saturated rings. The van der Waals surface area contributed by atoms with Crippen LogP contribution in [0.15, 0.2) is 34.9 Å². The molecule has 2 amide bonds. The Morgan fingerprint density at radius 2 is 2.00 bits per heavy atom. The van der Waals surface area contributed by atoms with Crippen LogP contribution in [0.1, 0.15) is 30.6 Å². The number of ether oxygens (including phenoxy) is 2. The summed E-state index contributed by atoms with van der Waals surface area (Å²) in [4.78, 5) is 56.1. The molecule has 0 aliphatic carbocycles. The third-order valence-electron chi connectivity index (χ3n) is 7.13. The summed E-state index contributed by atoms with van der Waals surface area (Å²) in [7, 11) is 2.52. The number of hydrogen-bond donors (Lipinski definition) is 3. The molecule has 4 rings (SSSR count). The third-order valence-corrected chi connectivity index (χ3v) is 8.64. The maximum Gasteiger partial charge on any atom is 0.402 e. The zero-order valence-electron chi connectivity index (χ0n) is 20.9. The fourth-order valence-corrected chi connectivity index (χ4v) is 6.73. The average Bonchev–Trinajstić information content (AvgIpc) is 3.45. The molecule has 2 saturated heterocycles. The van der Waals surface area contributed by atoms with Gasteiger partial charge >= 0.3 is 23.4 Å². The van der Waals surface area contributed by atoms with Gasteiger partial charge in [0.1, 0.15) is 17.8 Å². The summed E-state index contributed by atoms with van der Waals surface area (Å²) in [5.41, 5.74) is -0.616. The molecule has 12 heteroatoms. The fraction of sp³-hybridized carbons (Fsp3) is 0.480. The lowest BCUT2D eigenvalue weighted by molar-refractivity contribution is -0.163. The van der Waals surface area contributed by atoms with Gasteiger partial charge in [0.2, 0.25) is 5.91 Å². The lowest BCUT2D eigenvalue weighted by atomic mass is 9.72. The Morgan fingerprint density at radius 1 is 1.30 bits per heavy atom. The van der Waals surface area contributed by atoms with Crippen molar-refractivity contribution < 1.29 is 33.8 Å². The van der Waals surface area contributed by atoms with Crippen molar-refractivity contribution in [3.63, 3.8) is 0 Å². The first-order valence-corrected chi connectivity index (χ1v) is 12.6. The van der Waals surface area contributed by atoms with Gasteiger partial charge in [-0.15, -0.1) is 11.8 Å². The van der Waals surface area contributed by atoms with Crippen LogP contribution in [0.5, 0.6) is 0 Å². The number of thioether (sulfide) groups is 1. The van der Waals surface area contributed by atoms with Gasteiger partial charge in [-0.05, 0) is 31.5 Å². The number of fused-ring (bicyclic) bond motifs is 1. The molecular weight excluding hydrogens is 500 g/mol. The second-order valence-corrected chi connectivity index (χ2v) is 10.6. The number of hydrogen-bond acceptors (Lipinski definition) is 9. The SMILES string of the molecule is C#[N+]C1(C(C)O)C(=O)N2C(C(=O)OC)=C(SC3CNC(C(=O)Nc4cccc(C(=O)OC)c4)C3)C(C)C21. The van der Waals surface area contributed by atoms with Crippen molar-refractivity contribution in [1.29, 1.82) is 0 Å². The Balaban J connectivity index is 1.48. The molecule has 3 aliphatic rings. The summed E-state index contributed by atoms with van der Waals surface area (Å²) in [5, 5.41) is 16.3. The molecule has 3 N–H and O–H groups in total. The summed E-state index contributed by atoms with van der Waals surface area (Å²) >= 11 is 1.40. The zero-order valence-corrected chi connectivity index (χ0v) is 21.7. The Kier molecular flexibility index (Phi) is 7.32. The summed E-state index contributed by atoms with van der Waals surface area (Å²) < 4.78 is 9.68. The Morgan fingerprint density at radius 3 is 2.62 bits per heavy atom. The first-order chi connectivity index (χ1) is 17.6. The molecule has 6 unspecified atom stereocenters. The zero-order chi connectivity index (χ0) is 27.1. The normalized spacial score (nSPS) is 29.2. The second kappa shape index (κ2) is 10.2. The average molecular weight is 530 g/mol. The number of anilines is 1. The lowest BCUT2D eigenvalue weighted by Crippen LogP contribution is -2.75. The Labute approximate surface area is 218 Å². The summed E-state index contributed by atoms with van der Waals surface area (Å²) in [5.74, 6) is -2.31. The number of carbonyl (C=O) groups excluding carboxylic acids is 4. The standard InChI is InChI=1S/C25H28N4O7S/c1-12-19(18(23(33)36-5)29-20(12)25(26-3,13(2)30)24(29)34)37-16-10-17(27-11-16)21(31)28-15-8-6-7-14(9-15)22(32)35-4/h3,6-9,12-13,16-17,20,27,30H,10-11H2,1-2,4-5H3/p+1. The molecule has 11 nitrogen and oxygen atoms in total. The number of amides is 2. The maximum absolute atomic E-state index is 13.0. The largest absolute Gasteiger partial charge is 0.465 e. The van der Waals surface area contributed by atoms with E-state index in [0.717, 1.165) is 0 Å². The van der Waals surface area contributed by atoms with Crippen molar-refractivity contribution in [3.8, 4) is 6.57 Å². The van der Waals surface area contributed by atoms with Gasteiger partial charge in [0, 0.05) is 28.3 Å². The highest BCUT2D eigenvalue weighted by atomic mass is 32.2. The fourth-order valence-electron chi connectivity index (χ4n) is 5.27. The number of carbonyl (C=O) groups is 4. The lowest BCUT2D eigenvalue weighted by Gasteiger charge is -2.45. The summed E-state index contributed by atoms with van der Waals surface area (Å²) in [6, 6.07) is 5.34. The van der Waals surface area contributed by atoms with Gasteiger partial charge in [0.25, 0.3) is 6.57 Å². The number of nitrogens with zero attached hydrogens (tertiary/aromatic N) is 2. The van der Waals surface area contributed by atoms with Crippen molar-refractivity contribution in [2.75, 3.05) is 26.1 Å². The van der Waals surface area contributed by atoms with Crippen molar-refractivity contribution in [2.24, 2.45) is 5.92 Å². The minimum absolute atomic E-state index is 0.0844. The molecule has 0 spiro atoms. The van der Waals surface area contributed by atoms with Crippen LogP contribution in [0.2, 0.25) is 0 Å². The number of aliphatic hydroxyl groups excluding tert-OH is 1. The van der Waals surface area contributed by atoms with Crippen molar-refractivity contribution >= 4 is 41.2 Å². The second-order valence-electron chi connectivity index (χ2n) is 9.24. The van der Waals surface area contributed by atoms with Crippen molar-refractivity contribution in [3.05, 3.63) is 45.3 Å². The van der Waals surface area contributed by atoms with Crippen LogP contribution in [-0.4, -0.2) is 83.5 Å². The van der Waals surface area contributed by atoms with E-state index in [4.69, 9.17) is 16.0 Å². The predicted molar refractivity (Wildman–Crippen MR) is 136 cm³/mol. The molecule has 196 valence electrons. The number of rotatable bonds is 7. The van der Waals surface area contributed by atoms with Gasteiger partial charge in [-0.2, -0.15) is 0 Å². The van der Waals surface area contributed by atoms with Crippen LogP contribution in [-0.2, 0) is 23.9 Å². The third kappa shape index (κ3) is 4.27. The summed E-state index contributed by atoms with van der Waals surface area (Å²) in [6.07, 6.45) is -0.685. The van der Waals surface area contributed by atoms with E-state index >= 15 is 0 Å². The molecule has 0 radical (unpaired) electrons. The monoisotopic (exact) mass is 529 g/mol.